The fraction of sp³-hybridized carbons (Fsp3) is 0.176. The number of rotatable bonds is 6. The Morgan fingerprint density at radius 3 is 2.58 bits per heavy atom. The van der Waals surface area contributed by atoms with Crippen LogP contribution in [0.2, 0.25) is 0 Å². The van der Waals surface area contributed by atoms with Crippen molar-refractivity contribution in [1.82, 2.24) is 0 Å². The number of nitro benzene ring substituents is 1. The summed E-state index contributed by atoms with van der Waals surface area (Å²) in [6, 6.07) is 8.64. The van der Waals surface area contributed by atoms with Gasteiger partial charge in [0.25, 0.3) is 11.6 Å². The van der Waals surface area contributed by atoms with Gasteiger partial charge in [0.05, 0.1) is 12.0 Å². The molecule has 0 aliphatic heterocycles. The van der Waals surface area contributed by atoms with Gasteiger partial charge in [0.1, 0.15) is 17.1 Å². The monoisotopic (exact) mass is 362 g/mol. The number of esters is 1. The maximum absolute atomic E-state index is 13.1. The fourth-order valence-corrected chi connectivity index (χ4v) is 2.06. The molecule has 2 rings (SSSR count). The molecule has 0 spiro atoms. The molecule has 0 aliphatic rings. The first-order chi connectivity index (χ1) is 12.3. The van der Waals surface area contributed by atoms with Crippen molar-refractivity contribution in [3.05, 3.63) is 64.0 Å². The van der Waals surface area contributed by atoms with Crippen LogP contribution < -0.4 is 10.1 Å². The first-order valence-electron chi connectivity index (χ1n) is 7.41. The minimum Gasteiger partial charge on any atom is -0.496 e. The third kappa shape index (κ3) is 4.53. The van der Waals surface area contributed by atoms with E-state index in [4.69, 9.17) is 9.47 Å². The number of benzene rings is 2. The number of hydrogen-bond acceptors (Lipinski definition) is 6. The number of methoxy groups -OCH3 is 1. The van der Waals surface area contributed by atoms with Crippen molar-refractivity contribution in [2.45, 2.75) is 13.0 Å². The molecule has 8 nitrogen and oxygen atoms in total. The molecular formula is C17H15FN2O6. The van der Waals surface area contributed by atoms with Crippen LogP contribution in [0.1, 0.15) is 17.3 Å². The quantitative estimate of drug-likeness (QED) is 0.481. The van der Waals surface area contributed by atoms with E-state index in [0.29, 0.717) is 0 Å². The highest BCUT2D eigenvalue weighted by molar-refractivity contribution is 5.98. The highest BCUT2D eigenvalue weighted by Gasteiger charge is 2.23. The second-order valence-corrected chi connectivity index (χ2v) is 5.19. The Balaban J connectivity index is 2.12. The van der Waals surface area contributed by atoms with Crippen LogP contribution in [0.15, 0.2) is 42.5 Å². The number of carbonyl (C=O) groups is 2. The lowest BCUT2D eigenvalue weighted by molar-refractivity contribution is -0.384. The van der Waals surface area contributed by atoms with Gasteiger partial charge in [0.2, 0.25) is 0 Å². The Morgan fingerprint density at radius 2 is 1.96 bits per heavy atom. The van der Waals surface area contributed by atoms with E-state index >= 15 is 0 Å². The lowest BCUT2D eigenvalue weighted by Gasteiger charge is -2.14. The van der Waals surface area contributed by atoms with Crippen LogP contribution in [0.5, 0.6) is 5.75 Å². The highest BCUT2D eigenvalue weighted by Crippen LogP contribution is 2.25. The summed E-state index contributed by atoms with van der Waals surface area (Å²) >= 11 is 0. The molecule has 9 heteroatoms. The Kier molecular flexibility index (Phi) is 5.84. The molecule has 2 aromatic carbocycles. The van der Waals surface area contributed by atoms with Crippen LogP contribution >= 0.6 is 0 Å². The smallest absolute Gasteiger partial charge is 0.342 e. The summed E-state index contributed by atoms with van der Waals surface area (Å²) in [7, 11) is 1.29. The maximum Gasteiger partial charge on any atom is 0.342 e. The van der Waals surface area contributed by atoms with Gasteiger partial charge < -0.3 is 14.8 Å². The number of anilines is 1. The van der Waals surface area contributed by atoms with E-state index in [0.717, 1.165) is 12.1 Å². The first kappa shape index (κ1) is 18.8. The summed E-state index contributed by atoms with van der Waals surface area (Å²) in [6.07, 6.45) is -1.23. The second kappa shape index (κ2) is 8.06. The molecule has 0 unspecified atom stereocenters. The highest BCUT2D eigenvalue weighted by atomic mass is 19.1. The standard InChI is InChI=1S/C17H15FN2O6/c1-10(16(21)19-12-5-3-4-11(18)8-12)26-17(22)14-9-13(20(23)24)6-7-15(14)25-2/h3-10H,1-2H3,(H,19,21)/t10-/m1/s1. The van der Waals surface area contributed by atoms with Crippen molar-refractivity contribution in [2.75, 3.05) is 12.4 Å². The summed E-state index contributed by atoms with van der Waals surface area (Å²) in [4.78, 5) is 34.5. The number of ether oxygens (including phenoxy) is 2. The average molecular weight is 362 g/mol. The number of nitrogens with one attached hydrogen (secondary N) is 1. The van der Waals surface area contributed by atoms with Crippen molar-refractivity contribution >= 4 is 23.3 Å². The van der Waals surface area contributed by atoms with Crippen LogP contribution in [-0.4, -0.2) is 30.0 Å². The van der Waals surface area contributed by atoms with E-state index in [1.807, 2.05) is 0 Å². The van der Waals surface area contributed by atoms with E-state index < -0.39 is 28.7 Å². The number of nitro groups is 1. The molecule has 1 atom stereocenters. The predicted octanol–water partition coefficient (Wildman–Crippen LogP) is 2.93. The van der Waals surface area contributed by atoms with Crippen molar-refractivity contribution in [2.24, 2.45) is 0 Å². The van der Waals surface area contributed by atoms with Gasteiger partial charge in [0, 0.05) is 17.8 Å². The second-order valence-electron chi connectivity index (χ2n) is 5.19. The summed E-state index contributed by atoms with van der Waals surface area (Å²) < 4.78 is 23.1. The van der Waals surface area contributed by atoms with Crippen molar-refractivity contribution in [1.29, 1.82) is 0 Å². The first-order valence-corrected chi connectivity index (χ1v) is 7.41. The molecule has 26 heavy (non-hydrogen) atoms. The van der Waals surface area contributed by atoms with Crippen LogP contribution in [0.25, 0.3) is 0 Å². The Labute approximate surface area is 147 Å². The molecular weight excluding hydrogens is 347 g/mol. The van der Waals surface area contributed by atoms with E-state index in [9.17, 15) is 24.1 Å². The molecule has 1 amide bonds. The molecule has 0 saturated heterocycles. The summed E-state index contributed by atoms with van der Waals surface area (Å²) in [5.41, 5.74) is -0.312. The Bertz CT molecular complexity index is 855. The van der Waals surface area contributed by atoms with Crippen LogP contribution in [0.4, 0.5) is 15.8 Å². The normalized spacial score (nSPS) is 11.3. The Hall–Kier alpha value is -3.49. The molecule has 0 aliphatic carbocycles. The van der Waals surface area contributed by atoms with E-state index in [2.05, 4.69) is 5.32 Å². The molecule has 0 saturated carbocycles. The Morgan fingerprint density at radius 1 is 1.23 bits per heavy atom. The van der Waals surface area contributed by atoms with Gasteiger partial charge in [-0.2, -0.15) is 0 Å². The van der Waals surface area contributed by atoms with Gasteiger partial charge in [-0.15, -0.1) is 0 Å². The van der Waals surface area contributed by atoms with Gasteiger partial charge in [0.15, 0.2) is 6.10 Å². The lowest BCUT2D eigenvalue weighted by atomic mass is 10.1. The summed E-state index contributed by atoms with van der Waals surface area (Å²) in [5.74, 6) is -2.12. The van der Waals surface area contributed by atoms with Crippen molar-refractivity contribution in [3.8, 4) is 5.75 Å². The van der Waals surface area contributed by atoms with Crippen molar-refractivity contribution in [3.63, 3.8) is 0 Å². The van der Waals surface area contributed by atoms with Crippen LogP contribution in [0, 0.1) is 15.9 Å². The van der Waals surface area contributed by atoms with E-state index in [1.54, 1.807) is 0 Å². The molecule has 0 aromatic heterocycles. The zero-order valence-corrected chi connectivity index (χ0v) is 13.9. The van der Waals surface area contributed by atoms with Gasteiger partial charge in [-0.1, -0.05) is 6.07 Å². The van der Waals surface area contributed by atoms with Crippen molar-refractivity contribution < 1.29 is 28.4 Å². The number of halogens is 1. The molecule has 0 bridgehead atoms. The zero-order valence-electron chi connectivity index (χ0n) is 13.9. The predicted molar refractivity (Wildman–Crippen MR) is 89.6 cm³/mol. The third-order valence-corrected chi connectivity index (χ3v) is 3.36. The maximum atomic E-state index is 13.1. The van der Waals surface area contributed by atoms with E-state index in [1.165, 1.54) is 44.4 Å². The largest absolute Gasteiger partial charge is 0.496 e. The van der Waals surface area contributed by atoms with Crippen LogP contribution in [-0.2, 0) is 9.53 Å². The molecule has 0 fully saturated rings. The minimum atomic E-state index is -1.23. The van der Waals surface area contributed by atoms with Crippen LogP contribution in [0.3, 0.4) is 0 Å². The fourth-order valence-electron chi connectivity index (χ4n) is 2.06. The number of hydrogen-bond donors (Lipinski definition) is 1. The molecule has 0 heterocycles. The number of amides is 1. The molecule has 0 radical (unpaired) electrons. The molecule has 136 valence electrons. The summed E-state index contributed by atoms with van der Waals surface area (Å²) in [5, 5.41) is 13.3. The summed E-state index contributed by atoms with van der Waals surface area (Å²) in [6.45, 7) is 1.32. The topological polar surface area (TPSA) is 108 Å². The minimum absolute atomic E-state index is 0.0679. The van der Waals surface area contributed by atoms with Gasteiger partial charge in [-0.3, -0.25) is 14.9 Å². The molecule has 2 aromatic rings. The van der Waals surface area contributed by atoms with E-state index in [-0.39, 0.29) is 22.7 Å². The van der Waals surface area contributed by atoms with Gasteiger partial charge in [-0.25, -0.2) is 9.18 Å². The van der Waals surface area contributed by atoms with Gasteiger partial charge >= 0.3 is 5.97 Å². The average Bonchev–Trinajstić information content (AvgIpc) is 2.60. The lowest BCUT2D eigenvalue weighted by Crippen LogP contribution is -2.30. The molecule has 1 N–H and O–H groups in total. The zero-order chi connectivity index (χ0) is 19.3. The third-order valence-electron chi connectivity index (χ3n) is 3.36. The number of nitrogens with zero attached hydrogens (tertiary/aromatic N) is 1. The SMILES string of the molecule is COc1ccc([N+](=O)[O-])cc1C(=O)O[C@H](C)C(=O)Nc1cccc(F)c1. The van der Waals surface area contributed by atoms with Gasteiger partial charge in [-0.05, 0) is 31.2 Å². The number of carbonyl (C=O) groups excluding carboxylic acids is 2. The number of non-ortho nitro benzene ring substituents is 1.